The van der Waals surface area contributed by atoms with Crippen molar-refractivity contribution in [3.05, 3.63) is 12.2 Å². The van der Waals surface area contributed by atoms with Gasteiger partial charge in [0.15, 0.2) is 5.85 Å². The van der Waals surface area contributed by atoms with Crippen molar-refractivity contribution in [2.75, 3.05) is 0 Å². The van der Waals surface area contributed by atoms with Crippen molar-refractivity contribution in [1.82, 2.24) is 0 Å². The number of aliphatic hydroxyl groups excluding tert-OH is 1. The first kappa shape index (κ1) is 10.8. The molecule has 0 aromatic carbocycles. The fourth-order valence-electron chi connectivity index (χ4n) is 0.497. The Morgan fingerprint density at radius 3 is 2.45 bits per heavy atom. The van der Waals surface area contributed by atoms with Gasteiger partial charge in [0.25, 0.3) is 0 Å². The van der Waals surface area contributed by atoms with Gasteiger partial charge < -0.3 is 14.9 Å². The molecule has 0 bridgehead atoms. The lowest BCUT2D eigenvalue weighted by Crippen LogP contribution is -2.01. The Hall–Kier alpha value is -0.150. The average molecular weight is 180 g/mol. The Balaban J connectivity index is 3.87. The smallest absolute Gasteiger partial charge is 0.357 e. The van der Waals surface area contributed by atoms with Crippen molar-refractivity contribution in [2.45, 2.75) is 25.6 Å². The predicted octanol–water partition coefficient (Wildman–Crippen LogP) is 0.839. The van der Waals surface area contributed by atoms with E-state index in [0.717, 1.165) is 18.9 Å². The van der Waals surface area contributed by atoms with Crippen LogP contribution >= 0.6 is 7.60 Å². The van der Waals surface area contributed by atoms with Gasteiger partial charge in [0.2, 0.25) is 0 Å². The average Bonchev–Trinajstić information content (AvgIpc) is 1.86. The van der Waals surface area contributed by atoms with Crippen LogP contribution in [0.5, 0.6) is 0 Å². The minimum atomic E-state index is -4.33. The Morgan fingerprint density at radius 2 is 2.09 bits per heavy atom. The Bertz CT molecular complexity index is 171. The number of rotatable bonds is 4. The van der Waals surface area contributed by atoms with Gasteiger partial charge in [-0.15, -0.1) is 0 Å². The Morgan fingerprint density at radius 1 is 1.55 bits per heavy atom. The van der Waals surface area contributed by atoms with Crippen LogP contribution in [-0.4, -0.2) is 20.7 Å². The van der Waals surface area contributed by atoms with Crippen LogP contribution in [0, 0.1) is 0 Å². The van der Waals surface area contributed by atoms with Crippen LogP contribution < -0.4 is 0 Å². The fourth-order valence-corrected chi connectivity index (χ4v) is 0.843. The van der Waals surface area contributed by atoms with E-state index < -0.39 is 13.4 Å². The number of hydrogen-bond acceptors (Lipinski definition) is 2. The first-order chi connectivity index (χ1) is 4.98. The summed E-state index contributed by atoms with van der Waals surface area (Å²) in [5, 5.41) is 8.76. The second-order valence-corrected chi connectivity index (χ2v) is 3.93. The van der Waals surface area contributed by atoms with E-state index in [0.29, 0.717) is 0 Å². The molecule has 0 radical (unpaired) electrons. The van der Waals surface area contributed by atoms with Crippen molar-refractivity contribution < 1.29 is 19.5 Å². The highest BCUT2D eigenvalue weighted by atomic mass is 31.2. The van der Waals surface area contributed by atoms with Crippen LogP contribution in [-0.2, 0) is 4.57 Å². The summed E-state index contributed by atoms with van der Waals surface area (Å²) in [6.45, 7) is 1.94. The third kappa shape index (κ3) is 5.16. The standard InChI is InChI=1S/C6H13O4P/c1-2-3-4-5-6(7)11(8,9)10/h4-7H,2-3H2,1H3,(H2,8,9,10)/b5-4+. The summed E-state index contributed by atoms with van der Waals surface area (Å²) in [4.78, 5) is 16.8. The highest BCUT2D eigenvalue weighted by Gasteiger charge is 2.22. The van der Waals surface area contributed by atoms with Crippen molar-refractivity contribution in [3.8, 4) is 0 Å². The molecule has 11 heavy (non-hydrogen) atoms. The van der Waals surface area contributed by atoms with Gasteiger partial charge in [0.1, 0.15) is 0 Å². The maximum Gasteiger partial charge on any atom is 0.357 e. The lowest BCUT2D eigenvalue weighted by atomic mass is 10.3. The minimum Gasteiger partial charge on any atom is -0.377 e. The molecule has 0 amide bonds. The van der Waals surface area contributed by atoms with Gasteiger partial charge in [-0.3, -0.25) is 4.57 Å². The van der Waals surface area contributed by atoms with Crippen LogP contribution in [0.4, 0.5) is 0 Å². The zero-order chi connectivity index (χ0) is 8.91. The first-order valence-corrected chi connectivity index (χ1v) is 5.06. The molecule has 3 N–H and O–H groups in total. The number of unbranched alkanes of at least 4 members (excludes halogenated alkanes) is 1. The summed E-state index contributed by atoms with van der Waals surface area (Å²) < 4.78 is 10.3. The molecule has 0 spiro atoms. The van der Waals surface area contributed by atoms with Gasteiger partial charge in [-0.2, -0.15) is 0 Å². The molecule has 66 valence electrons. The molecular formula is C6H13O4P. The highest BCUT2D eigenvalue weighted by Crippen LogP contribution is 2.40. The molecule has 1 unspecified atom stereocenters. The van der Waals surface area contributed by atoms with Crippen LogP contribution in [0.1, 0.15) is 19.8 Å². The lowest BCUT2D eigenvalue weighted by Gasteiger charge is -2.06. The minimum absolute atomic E-state index is 0.719. The van der Waals surface area contributed by atoms with Crippen LogP contribution in [0.3, 0.4) is 0 Å². The molecule has 0 saturated carbocycles. The quantitative estimate of drug-likeness (QED) is 0.442. The van der Waals surface area contributed by atoms with E-state index in [2.05, 4.69) is 0 Å². The monoisotopic (exact) mass is 180 g/mol. The van der Waals surface area contributed by atoms with Crippen molar-refractivity contribution in [3.63, 3.8) is 0 Å². The van der Waals surface area contributed by atoms with E-state index in [1.807, 2.05) is 6.92 Å². The molecule has 0 aromatic heterocycles. The van der Waals surface area contributed by atoms with E-state index in [4.69, 9.17) is 14.9 Å². The van der Waals surface area contributed by atoms with Gasteiger partial charge in [-0.1, -0.05) is 19.4 Å². The lowest BCUT2D eigenvalue weighted by molar-refractivity contribution is 0.238. The number of aliphatic hydroxyl groups is 1. The van der Waals surface area contributed by atoms with E-state index in [1.54, 1.807) is 6.08 Å². The maximum atomic E-state index is 10.3. The summed E-state index contributed by atoms with van der Waals surface area (Å²) in [7, 11) is -4.33. The molecule has 0 aliphatic rings. The zero-order valence-corrected chi connectivity index (χ0v) is 7.24. The van der Waals surface area contributed by atoms with Gasteiger partial charge in [-0.25, -0.2) is 0 Å². The van der Waals surface area contributed by atoms with Crippen molar-refractivity contribution in [2.24, 2.45) is 0 Å². The van der Waals surface area contributed by atoms with E-state index in [9.17, 15) is 4.57 Å². The fraction of sp³-hybridized carbons (Fsp3) is 0.667. The number of hydrogen-bond donors (Lipinski definition) is 3. The summed E-state index contributed by atoms with van der Waals surface area (Å²) >= 11 is 0. The maximum absolute atomic E-state index is 10.3. The van der Waals surface area contributed by atoms with E-state index >= 15 is 0 Å². The molecule has 0 fully saturated rings. The summed E-state index contributed by atoms with van der Waals surface area (Å²) in [5.41, 5.74) is 0. The summed E-state index contributed by atoms with van der Waals surface area (Å²) in [5.74, 6) is -1.64. The molecule has 4 nitrogen and oxygen atoms in total. The Labute approximate surface area is 65.7 Å². The summed E-state index contributed by atoms with van der Waals surface area (Å²) in [6.07, 6.45) is 4.30. The summed E-state index contributed by atoms with van der Waals surface area (Å²) in [6, 6.07) is 0. The van der Waals surface area contributed by atoms with Crippen molar-refractivity contribution in [1.29, 1.82) is 0 Å². The molecule has 5 heteroatoms. The number of allylic oxidation sites excluding steroid dienone is 1. The molecule has 0 saturated heterocycles. The second-order valence-electron chi connectivity index (χ2n) is 2.22. The molecular weight excluding hydrogens is 167 g/mol. The van der Waals surface area contributed by atoms with Crippen LogP contribution in [0.15, 0.2) is 12.2 Å². The molecule has 1 atom stereocenters. The zero-order valence-electron chi connectivity index (χ0n) is 6.34. The van der Waals surface area contributed by atoms with E-state index in [-0.39, 0.29) is 0 Å². The van der Waals surface area contributed by atoms with Gasteiger partial charge >= 0.3 is 7.60 Å². The molecule has 0 aliphatic heterocycles. The topological polar surface area (TPSA) is 77.8 Å². The largest absolute Gasteiger partial charge is 0.377 e. The van der Waals surface area contributed by atoms with Crippen LogP contribution in [0.2, 0.25) is 0 Å². The van der Waals surface area contributed by atoms with Gasteiger partial charge in [-0.05, 0) is 12.5 Å². The van der Waals surface area contributed by atoms with Crippen LogP contribution in [0.25, 0.3) is 0 Å². The second kappa shape index (κ2) is 4.67. The molecule has 0 heterocycles. The third-order valence-corrected chi connectivity index (χ3v) is 1.97. The van der Waals surface area contributed by atoms with E-state index in [1.165, 1.54) is 0 Å². The third-order valence-electron chi connectivity index (χ3n) is 1.11. The van der Waals surface area contributed by atoms with Gasteiger partial charge in [0.05, 0.1) is 0 Å². The normalized spacial score (nSPS) is 15.6. The van der Waals surface area contributed by atoms with Gasteiger partial charge in [0, 0.05) is 0 Å². The SMILES string of the molecule is CCC/C=C/C(O)P(=O)(O)O. The first-order valence-electron chi connectivity index (χ1n) is 3.38. The van der Waals surface area contributed by atoms with Crippen molar-refractivity contribution >= 4 is 7.60 Å². The predicted molar refractivity (Wildman–Crippen MR) is 42.1 cm³/mol. The highest BCUT2D eigenvalue weighted by molar-refractivity contribution is 7.52. The molecule has 0 aliphatic carbocycles. The Kier molecular flexibility index (Phi) is 4.61. The molecule has 0 rings (SSSR count). The molecule has 0 aromatic rings.